The zero-order valence-corrected chi connectivity index (χ0v) is 8.87. The van der Waals surface area contributed by atoms with Gasteiger partial charge in [-0.1, -0.05) is 24.6 Å². The van der Waals surface area contributed by atoms with Crippen LogP contribution in [0.3, 0.4) is 0 Å². The van der Waals surface area contributed by atoms with Gasteiger partial charge < -0.3 is 10.5 Å². The first-order valence-corrected chi connectivity index (χ1v) is 5.59. The van der Waals surface area contributed by atoms with E-state index in [0.29, 0.717) is 0 Å². The van der Waals surface area contributed by atoms with E-state index in [1.165, 1.54) is 6.42 Å². The summed E-state index contributed by atoms with van der Waals surface area (Å²) in [7, 11) is 0. The molecule has 0 saturated heterocycles. The van der Waals surface area contributed by atoms with Crippen LogP contribution in [0.1, 0.15) is 32.1 Å². The lowest BCUT2D eigenvalue weighted by Gasteiger charge is -2.33. The minimum atomic E-state index is -0.728. The van der Waals surface area contributed by atoms with Gasteiger partial charge >= 0.3 is 0 Å². The molecule has 0 aliphatic heterocycles. The van der Waals surface area contributed by atoms with Crippen molar-refractivity contribution >= 4 is 5.69 Å². The highest BCUT2D eigenvalue weighted by Crippen LogP contribution is 2.25. The molecule has 1 fully saturated rings. The maximum atomic E-state index is 10.2. The number of rotatable bonds is 3. The number of hydrogen-bond acceptors (Lipinski definition) is 3. The summed E-state index contributed by atoms with van der Waals surface area (Å²) >= 11 is 0. The number of anilines is 1. The fraction of sp³-hybridized carbons (Fsp3) is 0.500. The smallest absolute Gasteiger partial charge is 0.132 e. The summed E-state index contributed by atoms with van der Waals surface area (Å²) in [5, 5.41) is 10.2. The summed E-state index contributed by atoms with van der Waals surface area (Å²) in [4.78, 5) is 0. The van der Waals surface area contributed by atoms with E-state index in [4.69, 9.17) is 0 Å². The molecule has 1 aromatic carbocycles. The molecule has 1 aromatic rings. The second-order valence-electron chi connectivity index (χ2n) is 4.21. The third-order valence-electron chi connectivity index (χ3n) is 2.89. The van der Waals surface area contributed by atoms with Gasteiger partial charge in [-0.05, 0) is 37.8 Å². The van der Waals surface area contributed by atoms with Gasteiger partial charge in [-0.15, -0.1) is 0 Å². The maximum absolute atomic E-state index is 10.2. The molecule has 0 bridgehead atoms. The molecule has 0 heterocycles. The van der Waals surface area contributed by atoms with Crippen LogP contribution in [0.5, 0.6) is 0 Å². The second-order valence-corrected chi connectivity index (χ2v) is 4.21. The zero-order valence-electron chi connectivity index (χ0n) is 8.87. The molecular weight excluding hydrogens is 188 g/mol. The molecule has 0 spiro atoms. The first-order chi connectivity index (χ1) is 7.29. The molecule has 15 heavy (non-hydrogen) atoms. The SMILES string of the molecule is OC1(NNc2ccccc2)CCCCC1. The highest BCUT2D eigenvalue weighted by atomic mass is 16.3. The summed E-state index contributed by atoms with van der Waals surface area (Å²) in [5.41, 5.74) is 6.33. The Bertz CT molecular complexity index is 294. The Balaban J connectivity index is 1.87. The number of hydrogen-bond donors (Lipinski definition) is 3. The number of para-hydroxylation sites is 1. The molecule has 3 nitrogen and oxygen atoms in total. The first-order valence-electron chi connectivity index (χ1n) is 5.59. The van der Waals surface area contributed by atoms with Crippen LogP contribution in [0.15, 0.2) is 30.3 Å². The van der Waals surface area contributed by atoms with Gasteiger partial charge in [-0.3, -0.25) is 0 Å². The van der Waals surface area contributed by atoms with Crippen LogP contribution >= 0.6 is 0 Å². The lowest BCUT2D eigenvalue weighted by atomic mass is 9.92. The molecule has 82 valence electrons. The molecule has 1 saturated carbocycles. The van der Waals surface area contributed by atoms with Crippen molar-refractivity contribution in [3.63, 3.8) is 0 Å². The van der Waals surface area contributed by atoms with E-state index in [2.05, 4.69) is 10.9 Å². The van der Waals surface area contributed by atoms with Crippen LogP contribution in [0, 0.1) is 0 Å². The van der Waals surface area contributed by atoms with Gasteiger partial charge in [0.1, 0.15) is 5.72 Å². The van der Waals surface area contributed by atoms with Crippen LogP contribution in [0.4, 0.5) is 5.69 Å². The Hall–Kier alpha value is -1.06. The molecule has 3 N–H and O–H groups in total. The lowest BCUT2D eigenvalue weighted by molar-refractivity contribution is -0.0213. The predicted octanol–water partition coefficient (Wildman–Crippen LogP) is 2.26. The minimum absolute atomic E-state index is 0.728. The van der Waals surface area contributed by atoms with Gasteiger partial charge in [0.2, 0.25) is 0 Å². The van der Waals surface area contributed by atoms with Crippen molar-refractivity contribution in [2.24, 2.45) is 0 Å². The van der Waals surface area contributed by atoms with E-state index in [1.807, 2.05) is 30.3 Å². The summed E-state index contributed by atoms with van der Waals surface area (Å²) in [6.45, 7) is 0. The molecule has 0 unspecified atom stereocenters. The first kappa shape index (κ1) is 10.5. The average molecular weight is 206 g/mol. The maximum Gasteiger partial charge on any atom is 0.132 e. The topological polar surface area (TPSA) is 44.3 Å². The number of benzene rings is 1. The van der Waals surface area contributed by atoms with Crippen molar-refractivity contribution in [1.29, 1.82) is 0 Å². The van der Waals surface area contributed by atoms with Gasteiger partial charge in [0, 0.05) is 5.69 Å². The van der Waals surface area contributed by atoms with E-state index in [9.17, 15) is 5.11 Å². The third kappa shape index (κ3) is 2.94. The summed E-state index contributed by atoms with van der Waals surface area (Å²) in [5.74, 6) is 0. The van der Waals surface area contributed by atoms with E-state index in [-0.39, 0.29) is 0 Å². The minimum Gasteiger partial charge on any atom is -0.374 e. The van der Waals surface area contributed by atoms with Crippen molar-refractivity contribution < 1.29 is 5.11 Å². The Morgan fingerprint density at radius 3 is 2.33 bits per heavy atom. The third-order valence-corrected chi connectivity index (χ3v) is 2.89. The monoisotopic (exact) mass is 206 g/mol. The number of hydrazine groups is 1. The molecule has 0 amide bonds. The van der Waals surface area contributed by atoms with Crippen molar-refractivity contribution in [3.8, 4) is 0 Å². The fourth-order valence-corrected chi connectivity index (χ4v) is 1.97. The number of nitrogens with one attached hydrogen (secondary N) is 2. The van der Waals surface area contributed by atoms with Gasteiger partial charge in [0.05, 0.1) is 0 Å². The summed E-state index contributed by atoms with van der Waals surface area (Å²) in [6.07, 6.45) is 5.08. The Kier molecular flexibility index (Phi) is 3.23. The van der Waals surface area contributed by atoms with Crippen LogP contribution < -0.4 is 10.9 Å². The molecular formula is C12H18N2O. The fourth-order valence-electron chi connectivity index (χ4n) is 1.97. The quantitative estimate of drug-likeness (QED) is 0.525. The predicted molar refractivity (Wildman–Crippen MR) is 61.2 cm³/mol. The van der Waals surface area contributed by atoms with Crippen LogP contribution in [-0.2, 0) is 0 Å². The standard InChI is InChI=1S/C12H18N2O/c15-12(9-5-2-6-10-12)14-13-11-7-3-1-4-8-11/h1,3-4,7-8,13-15H,2,5-6,9-10H2. The molecule has 1 aliphatic rings. The normalized spacial score (nSPS) is 19.8. The van der Waals surface area contributed by atoms with Crippen LogP contribution in [-0.4, -0.2) is 10.8 Å². The zero-order chi connectivity index (χ0) is 10.6. The van der Waals surface area contributed by atoms with Crippen molar-refractivity contribution in [1.82, 2.24) is 5.43 Å². The van der Waals surface area contributed by atoms with Crippen molar-refractivity contribution in [2.45, 2.75) is 37.8 Å². The second kappa shape index (κ2) is 4.64. The van der Waals surface area contributed by atoms with E-state index in [1.54, 1.807) is 0 Å². The molecule has 0 aromatic heterocycles. The molecule has 3 heteroatoms. The summed E-state index contributed by atoms with van der Waals surface area (Å²) in [6, 6.07) is 9.85. The van der Waals surface area contributed by atoms with Gasteiger partial charge in [-0.25, -0.2) is 5.43 Å². The highest BCUT2D eigenvalue weighted by Gasteiger charge is 2.28. The summed E-state index contributed by atoms with van der Waals surface area (Å²) < 4.78 is 0. The van der Waals surface area contributed by atoms with E-state index in [0.717, 1.165) is 31.4 Å². The lowest BCUT2D eigenvalue weighted by Crippen LogP contribution is -2.49. The Morgan fingerprint density at radius 2 is 1.67 bits per heavy atom. The van der Waals surface area contributed by atoms with Gasteiger partial charge in [-0.2, -0.15) is 0 Å². The largest absolute Gasteiger partial charge is 0.374 e. The Morgan fingerprint density at radius 1 is 1.00 bits per heavy atom. The number of aliphatic hydroxyl groups is 1. The van der Waals surface area contributed by atoms with Gasteiger partial charge in [0.25, 0.3) is 0 Å². The molecule has 1 aliphatic carbocycles. The van der Waals surface area contributed by atoms with Crippen LogP contribution in [0.2, 0.25) is 0 Å². The van der Waals surface area contributed by atoms with Gasteiger partial charge in [0.15, 0.2) is 0 Å². The molecule has 2 rings (SSSR count). The van der Waals surface area contributed by atoms with E-state index < -0.39 is 5.72 Å². The van der Waals surface area contributed by atoms with Crippen molar-refractivity contribution in [3.05, 3.63) is 30.3 Å². The van der Waals surface area contributed by atoms with Crippen molar-refractivity contribution in [2.75, 3.05) is 5.43 Å². The molecule has 0 radical (unpaired) electrons. The Labute approximate surface area is 90.5 Å². The van der Waals surface area contributed by atoms with Crippen LogP contribution in [0.25, 0.3) is 0 Å². The molecule has 0 atom stereocenters. The highest BCUT2D eigenvalue weighted by molar-refractivity contribution is 5.41. The van der Waals surface area contributed by atoms with E-state index >= 15 is 0 Å². The average Bonchev–Trinajstić information content (AvgIpc) is 2.29.